The van der Waals surface area contributed by atoms with Crippen LogP contribution in [-0.2, 0) is 9.59 Å². The molecular weight excluding hydrogens is 194 g/mol. The molecule has 0 aromatic heterocycles. The maximum atomic E-state index is 11.5. The molecule has 1 aliphatic heterocycles. The molecule has 1 fully saturated rings. The van der Waals surface area contributed by atoms with E-state index in [2.05, 4.69) is 10.6 Å². The van der Waals surface area contributed by atoms with Gasteiger partial charge in [-0.25, -0.2) is 0 Å². The highest BCUT2D eigenvalue weighted by atomic mass is 16.2. The van der Waals surface area contributed by atoms with Crippen molar-refractivity contribution in [2.75, 3.05) is 13.1 Å². The van der Waals surface area contributed by atoms with Gasteiger partial charge < -0.3 is 16.4 Å². The smallest absolute Gasteiger partial charge is 0.242 e. The molecule has 5 heteroatoms. The zero-order valence-electron chi connectivity index (χ0n) is 8.92. The van der Waals surface area contributed by atoms with Gasteiger partial charge in [-0.05, 0) is 25.8 Å². The fourth-order valence-corrected chi connectivity index (χ4v) is 1.59. The van der Waals surface area contributed by atoms with Crippen molar-refractivity contribution in [3.05, 3.63) is 0 Å². The predicted molar refractivity (Wildman–Crippen MR) is 57.1 cm³/mol. The monoisotopic (exact) mass is 213 g/mol. The van der Waals surface area contributed by atoms with Gasteiger partial charge in [-0.2, -0.15) is 0 Å². The zero-order chi connectivity index (χ0) is 11.1. The first-order valence-electron chi connectivity index (χ1n) is 5.51. The SMILES string of the molecule is NCCCCCNC(=O)[C@H]1CCC(=O)N1. The Morgan fingerprint density at radius 2 is 2.27 bits per heavy atom. The van der Waals surface area contributed by atoms with Crippen molar-refractivity contribution < 1.29 is 9.59 Å². The minimum atomic E-state index is -0.313. The minimum Gasteiger partial charge on any atom is -0.354 e. The Bertz CT molecular complexity index is 231. The Hall–Kier alpha value is -1.10. The van der Waals surface area contributed by atoms with Crippen molar-refractivity contribution in [3.63, 3.8) is 0 Å². The highest BCUT2D eigenvalue weighted by Crippen LogP contribution is 2.06. The molecule has 0 spiro atoms. The van der Waals surface area contributed by atoms with Gasteiger partial charge in [0.1, 0.15) is 6.04 Å². The van der Waals surface area contributed by atoms with Crippen LogP contribution in [0, 0.1) is 0 Å². The largest absolute Gasteiger partial charge is 0.354 e. The second-order valence-corrected chi connectivity index (χ2v) is 3.80. The van der Waals surface area contributed by atoms with Crippen LogP contribution in [0.4, 0.5) is 0 Å². The highest BCUT2D eigenvalue weighted by Gasteiger charge is 2.26. The third-order valence-corrected chi connectivity index (χ3v) is 2.49. The molecule has 2 amide bonds. The fraction of sp³-hybridized carbons (Fsp3) is 0.800. The van der Waals surface area contributed by atoms with Crippen molar-refractivity contribution in [2.45, 2.75) is 38.1 Å². The maximum absolute atomic E-state index is 11.5. The molecule has 1 heterocycles. The summed E-state index contributed by atoms with van der Waals surface area (Å²) in [6.45, 7) is 1.37. The molecule has 0 aliphatic carbocycles. The van der Waals surface area contributed by atoms with Gasteiger partial charge in [-0.1, -0.05) is 6.42 Å². The molecule has 15 heavy (non-hydrogen) atoms. The summed E-state index contributed by atoms with van der Waals surface area (Å²) >= 11 is 0. The van der Waals surface area contributed by atoms with E-state index < -0.39 is 0 Å². The molecule has 0 unspecified atom stereocenters. The van der Waals surface area contributed by atoms with E-state index in [1.54, 1.807) is 0 Å². The molecule has 5 nitrogen and oxygen atoms in total. The van der Waals surface area contributed by atoms with Crippen LogP contribution in [0.15, 0.2) is 0 Å². The van der Waals surface area contributed by atoms with Gasteiger partial charge in [0.2, 0.25) is 11.8 Å². The van der Waals surface area contributed by atoms with E-state index in [9.17, 15) is 9.59 Å². The summed E-state index contributed by atoms with van der Waals surface area (Å²) < 4.78 is 0. The number of unbranched alkanes of at least 4 members (excludes halogenated alkanes) is 2. The van der Waals surface area contributed by atoms with E-state index in [1.165, 1.54) is 0 Å². The molecule has 0 saturated carbocycles. The molecule has 1 aliphatic rings. The van der Waals surface area contributed by atoms with Crippen LogP contribution in [0.5, 0.6) is 0 Å². The lowest BCUT2D eigenvalue weighted by Gasteiger charge is -2.10. The number of carbonyl (C=O) groups is 2. The Labute approximate surface area is 89.8 Å². The van der Waals surface area contributed by atoms with Crippen LogP contribution in [0.25, 0.3) is 0 Å². The molecular formula is C10H19N3O2. The summed E-state index contributed by atoms with van der Waals surface area (Å²) in [6.07, 6.45) is 4.06. The van der Waals surface area contributed by atoms with E-state index in [4.69, 9.17) is 5.73 Å². The van der Waals surface area contributed by atoms with Gasteiger partial charge >= 0.3 is 0 Å². The summed E-state index contributed by atoms with van der Waals surface area (Å²) in [6, 6.07) is -0.313. The molecule has 4 N–H and O–H groups in total. The summed E-state index contributed by atoms with van der Waals surface area (Å²) in [5, 5.41) is 5.44. The molecule has 1 saturated heterocycles. The highest BCUT2D eigenvalue weighted by molar-refractivity contribution is 5.90. The second-order valence-electron chi connectivity index (χ2n) is 3.80. The van der Waals surface area contributed by atoms with E-state index in [0.717, 1.165) is 19.3 Å². The van der Waals surface area contributed by atoms with Crippen LogP contribution in [-0.4, -0.2) is 30.9 Å². The van der Waals surface area contributed by atoms with Gasteiger partial charge in [0.15, 0.2) is 0 Å². The standard InChI is InChI=1S/C10H19N3O2/c11-6-2-1-3-7-12-10(15)8-4-5-9(14)13-8/h8H,1-7,11H2,(H,12,15)(H,13,14)/t8-/m1/s1. The normalized spacial score (nSPS) is 20.1. The number of nitrogens with one attached hydrogen (secondary N) is 2. The van der Waals surface area contributed by atoms with Crippen molar-refractivity contribution in [1.29, 1.82) is 0 Å². The molecule has 0 bridgehead atoms. The quantitative estimate of drug-likeness (QED) is 0.520. The van der Waals surface area contributed by atoms with Gasteiger partial charge in [0.25, 0.3) is 0 Å². The lowest BCUT2D eigenvalue weighted by molar-refractivity contribution is -0.125. The Morgan fingerprint density at radius 3 is 2.87 bits per heavy atom. The molecule has 1 atom stereocenters. The lowest BCUT2D eigenvalue weighted by atomic mass is 10.2. The Kier molecular flexibility index (Phi) is 5.10. The van der Waals surface area contributed by atoms with Crippen molar-refractivity contribution >= 4 is 11.8 Å². The first kappa shape index (κ1) is 12.0. The summed E-state index contributed by atoms with van der Waals surface area (Å²) in [7, 11) is 0. The number of carbonyl (C=O) groups excluding carboxylic acids is 2. The first-order chi connectivity index (χ1) is 7.24. The summed E-state index contributed by atoms with van der Waals surface area (Å²) in [4.78, 5) is 22.3. The average molecular weight is 213 g/mol. The average Bonchev–Trinajstić information content (AvgIpc) is 2.64. The van der Waals surface area contributed by atoms with Crippen molar-refractivity contribution in [2.24, 2.45) is 5.73 Å². The predicted octanol–water partition coefficient (Wildman–Crippen LogP) is -0.490. The van der Waals surface area contributed by atoms with Crippen LogP contribution < -0.4 is 16.4 Å². The fourth-order valence-electron chi connectivity index (χ4n) is 1.59. The Balaban J connectivity index is 2.06. The number of amides is 2. The minimum absolute atomic E-state index is 0.0294. The number of hydrogen-bond donors (Lipinski definition) is 3. The second kappa shape index (κ2) is 6.40. The first-order valence-corrected chi connectivity index (χ1v) is 5.51. The topological polar surface area (TPSA) is 84.2 Å². The number of nitrogens with two attached hydrogens (primary N) is 1. The lowest BCUT2D eigenvalue weighted by Crippen LogP contribution is -2.41. The van der Waals surface area contributed by atoms with Gasteiger partial charge in [-0.3, -0.25) is 9.59 Å². The van der Waals surface area contributed by atoms with Crippen LogP contribution in [0.2, 0.25) is 0 Å². The van der Waals surface area contributed by atoms with Crippen LogP contribution in [0.1, 0.15) is 32.1 Å². The third kappa shape index (κ3) is 4.29. The number of rotatable bonds is 6. The molecule has 0 radical (unpaired) electrons. The molecule has 1 rings (SSSR count). The number of hydrogen-bond acceptors (Lipinski definition) is 3. The molecule has 0 aromatic rings. The van der Waals surface area contributed by atoms with Gasteiger partial charge in [0.05, 0.1) is 0 Å². The molecule has 86 valence electrons. The van der Waals surface area contributed by atoms with Crippen molar-refractivity contribution in [3.8, 4) is 0 Å². The van der Waals surface area contributed by atoms with Crippen molar-refractivity contribution in [1.82, 2.24) is 10.6 Å². The van der Waals surface area contributed by atoms with Gasteiger partial charge in [-0.15, -0.1) is 0 Å². The van der Waals surface area contributed by atoms with Gasteiger partial charge in [0, 0.05) is 13.0 Å². The Morgan fingerprint density at radius 1 is 1.47 bits per heavy atom. The summed E-state index contributed by atoms with van der Waals surface area (Å²) in [5.74, 6) is -0.0909. The van der Waals surface area contributed by atoms with E-state index in [0.29, 0.717) is 25.9 Å². The third-order valence-electron chi connectivity index (χ3n) is 2.49. The van der Waals surface area contributed by atoms with Crippen LogP contribution >= 0.6 is 0 Å². The maximum Gasteiger partial charge on any atom is 0.242 e. The van der Waals surface area contributed by atoms with E-state index in [1.807, 2.05) is 0 Å². The zero-order valence-corrected chi connectivity index (χ0v) is 8.92. The van der Waals surface area contributed by atoms with E-state index in [-0.39, 0.29) is 17.9 Å². The van der Waals surface area contributed by atoms with Crippen LogP contribution in [0.3, 0.4) is 0 Å². The summed E-state index contributed by atoms with van der Waals surface area (Å²) in [5.41, 5.74) is 5.35. The van der Waals surface area contributed by atoms with E-state index >= 15 is 0 Å². The molecule has 0 aromatic carbocycles.